The van der Waals surface area contributed by atoms with Gasteiger partial charge in [-0.2, -0.15) is 0 Å². The van der Waals surface area contributed by atoms with E-state index < -0.39 is 4.92 Å². The lowest BCUT2D eigenvalue weighted by atomic mass is 10.1. The van der Waals surface area contributed by atoms with E-state index in [4.69, 9.17) is 4.74 Å². The Morgan fingerprint density at radius 3 is 2.30 bits per heavy atom. The Kier molecular flexibility index (Phi) is 11.5. The topological polar surface area (TPSA) is 64.4 Å². The summed E-state index contributed by atoms with van der Waals surface area (Å²) < 4.78 is 5.54. The number of nitro benzene ring substituents is 1. The molecule has 1 N–H and O–H groups in total. The molecule has 2 aromatic carbocycles. The van der Waals surface area contributed by atoms with Crippen molar-refractivity contribution in [1.29, 1.82) is 0 Å². The number of benzene rings is 2. The number of rotatable bonds is 10. The van der Waals surface area contributed by atoms with Gasteiger partial charge in [-0.3, -0.25) is 10.1 Å². The molecule has 0 atom stereocenters. The van der Waals surface area contributed by atoms with Crippen LogP contribution in [0.2, 0.25) is 0 Å². The maximum absolute atomic E-state index is 11.0. The Hall–Kier alpha value is -2.40. The van der Waals surface area contributed by atoms with E-state index in [1.54, 1.807) is 12.1 Å². The van der Waals surface area contributed by atoms with Gasteiger partial charge in [0.1, 0.15) is 6.61 Å². The highest BCUT2D eigenvalue weighted by Crippen LogP contribution is 2.28. The zero-order chi connectivity index (χ0) is 19.9. The maximum Gasteiger partial charge on any atom is 0.311 e. The highest BCUT2D eigenvalue weighted by Gasteiger charge is 2.15. The van der Waals surface area contributed by atoms with Crippen molar-refractivity contribution in [2.24, 2.45) is 0 Å². The molecule has 0 heterocycles. The van der Waals surface area contributed by atoms with Gasteiger partial charge in [-0.15, -0.1) is 0 Å². The van der Waals surface area contributed by atoms with Crippen LogP contribution >= 0.6 is 0 Å². The van der Waals surface area contributed by atoms with Crippen molar-refractivity contribution in [3.05, 3.63) is 69.8 Å². The van der Waals surface area contributed by atoms with E-state index in [1.807, 2.05) is 43.3 Å². The standard InChI is InChI=1S/C15H15NO3.C7H17N/c1-2-12-8-9-15(14(10-12)16(17)18)19-11-13-6-4-3-5-7-13;1-3-5-7-8-6-4-2/h3-10H,2,11H2,1H3;8H,3-7H2,1-2H3. The van der Waals surface area contributed by atoms with Crippen LogP contribution in [0, 0.1) is 10.1 Å². The van der Waals surface area contributed by atoms with E-state index >= 15 is 0 Å². The monoisotopic (exact) mass is 372 g/mol. The highest BCUT2D eigenvalue weighted by atomic mass is 16.6. The summed E-state index contributed by atoms with van der Waals surface area (Å²) in [5.74, 6) is 0.311. The van der Waals surface area contributed by atoms with Gasteiger partial charge in [0.25, 0.3) is 0 Å². The third-order valence-corrected chi connectivity index (χ3v) is 4.00. The molecule has 0 aliphatic carbocycles. The molecule has 2 rings (SSSR count). The van der Waals surface area contributed by atoms with E-state index in [2.05, 4.69) is 19.2 Å². The second-order valence-corrected chi connectivity index (χ2v) is 6.29. The summed E-state index contributed by atoms with van der Waals surface area (Å²) in [5, 5.41) is 14.4. The molecule has 2 aromatic rings. The summed E-state index contributed by atoms with van der Waals surface area (Å²) in [4.78, 5) is 10.6. The number of nitrogens with zero attached hydrogens (tertiary/aromatic N) is 1. The largest absolute Gasteiger partial charge is 0.482 e. The molecular formula is C22H32N2O3. The van der Waals surface area contributed by atoms with Crippen LogP contribution in [0.3, 0.4) is 0 Å². The first-order chi connectivity index (χ1) is 13.1. The third kappa shape index (κ3) is 9.20. The fourth-order valence-corrected chi connectivity index (χ4v) is 2.39. The predicted octanol–water partition coefficient (Wildman–Crippen LogP) is 5.52. The van der Waals surface area contributed by atoms with Crippen LogP contribution in [0.5, 0.6) is 5.75 Å². The lowest BCUT2D eigenvalue weighted by Crippen LogP contribution is -2.15. The molecule has 0 saturated heterocycles. The molecule has 0 bridgehead atoms. The summed E-state index contributed by atoms with van der Waals surface area (Å²) >= 11 is 0. The number of unbranched alkanes of at least 4 members (excludes halogenated alkanes) is 1. The van der Waals surface area contributed by atoms with Crippen molar-refractivity contribution in [2.75, 3.05) is 13.1 Å². The van der Waals surface area contributed by atoms with Gasteiger partial charge in [0.15, 0.2) is 5.75 Å². The molecule has 0 aromatic heterocycles. The predicted molar refractivity (Wildman–Crippen MR) is 111 cm³/mol. The van der Waals surface area contributed by atoms with Gasteiger partial charge in [0, 0.05) is 6.07 Å². The molecule has 0 aliphatic rings. The minimum Gasteiger partial charge on any atom is -0.482 e. The van der Waals surface area contributed by atoms with Gasteiger partial charge in [-0.05, 0) is 49.5 Å². The van der Waals surface area contributed by atoms with Gasteiger partial charge in [0.05, 0.1) is 4.92 Å². The Bertz CT molecular complexity index is 654. The van der Waals surface area contributed by atoms with Crippen LogP contribution in [0.4, 0.5) is 5.69 Å². The molecule has 0 radical (unpaired) electrons. The van der Waals surface area contributed by atoms with E-state index in [9.17, 15) is 10.1 Å². The van der Waals surface area contributed by atoms with Crippen LogP contribution in [-0.2, 0) is 13.0 Å². The molecule has 0 aliphatic heterocycles. The van der Waals surface area contributed by atoms with E-state index in [-0.39, 0.29) is 5.69 Å². The normalized spacial score (nSPS) is 10.0. The third-order valence-electron chi connectivity index (χ3n) is 4.00. The Balaban J connectivity index is 0.000000387. The van der Waals surface area contributed by atoms with Crippen LogP contribution in [0.1, 0.15) is 51.2 Å². The van der Waals surface area contributed by atoms with Crippen molar-refractivity contribution in [2.45, 2.75) is 53.1 Å². The smallest absolute Gasteiger partial charge is 0.311 e. The van der Waals surface area contributed by atoms with Gasteiger partial charge < -0.3 is 10.1 Å². The zero-order valence-electron chi connectivity index (χ0n) is 16.7. The van der Waals surface area contributed by atoms with Gasteiger partial charge in [0.2, 0.25) is 0 Å². The summed E-state index contributed by atoms with van der Waals surface area (Å²) in [6.07, 6.45) is 4.64. The number of aryl methyl sites for hydroxylation is 1. The Morgan fingerprint density at radius 2 is 1.70 bits per heavy atom. The molecule has 0 unspecified atom stereocenters. The molecule has 148 valence electrons. The van der Waals surface area contributed by atoms with Crippen molar-refractivity contribution in [3.8, 4) is 5.75 Å². The van der Waals surface area contributed by atoms with Crippen molar-refractivity contribution in [1.82, 2.24) is 5.32 Å². The second-order valence-electron chi connectivity index (χ2n) is 6.29. The van der Waals surface area contributed by atoms with Gasteiger partial charge >= 0.3 is 5.69 Å². The van der Waals surface area contributed by atoms with Crippen LogP contribution < -0.4 is 10.1 Å². The van der Waals surface area contributed by atoms with E-state index in [0.717, 1.165) is 17.5 Å². The molecule has 5 nitrogen and oxygen atoms in total. The maximum atomic E-state index is 11.0. The zero-order valence-corrected chi connectivity index (χ0v) is 16.7. The average Bonchev–Trinajstić information content (AvgIpc) is 2.71. The number of nitro groups is 1. The molecule has 5 heteroatoms. The Labute approximate surface area is 162 Å². The highest BCUT2D eigenvalue weighted by molar-refractivity contribution is 5.48. The second kappa shape index (κ2) is 13.8. The summed E-state index contributed by atoms with van der Waals surface area (Å²) in [6.45, 7) is 9.08. The van der Waals surface area contributed by atoms with E-state index in [1.165, 1.54) is 32.4 Å². The average molecular weight is 373 g/mol. The lowest BCUT2D eigenvalue weighted by Gasteiger charge is -2.07. The number of ether oxygens (including phenoxy) is 1. The molecule has 0 amide bonds. The minimum absolute atomic E-state index is 0.0234. The van der Waals surface area contributed by atoms with Crippen LogP contribution in [0.25, 0.3) is 0 Å². The Morgan fingerprint density at radius 1 is 0.963 bits per heavy atom. The number of hydrogen-bond donors (Lipinski definition) is 1. The summed E-state index contributed by atoms with van der Waals surface area (Å²) in [7, 11) is 0. The first kappa shape index (κ1) is 22.6. The fraction of sp³-hybridized carbons (Fsp3) is 0.455. The molecule has 27 heavy (non-hydrogen) atoms. The van der Waals surface area contributed by atoms with E-state index in [0.29, 0.717) is 12.4 Å². The molecular weight excluding hydrogens is 340 g/mol. The molecule has 0 fully saturated rings. The lowest BCUT2D eigenvalue weighted by molar-refractivity contribution is -0.386. The SMILES string of the molecule is CCCCNCCC.CCc1ccc(OCc2ccccc2)c([N+](=O)[O-])c1. The first-order valence-corrected chi connectivity index (χ1v) is 9.77. The van der Waals surface area contributed by atoms with Crippen LogP contribution in [-0.4, -0.2) is 18.0 Å². The fourth-order valence-electron chi connectivity index (χ4n) is 2.39. The van der Waals surface area contributed by atoms with Crippen molar-refractivity contribution >= 4 is 5.69 Å². The molecule has 0 spiro atoms. The van der Waals surface area contributed by atoms with Gasteiger partial charge in [-0.25, -0.2) is 0 Å². The van der Waals surface area contributed by atoms with Gasteiger partial charge in [-0.1, -0.05) is 63.6 Å². The summed E-state index contributed by atoms with van der Waals surface area (Å²) in [6, 6.07) is 14.7. The molecule has 0 saturated carbocycles. The van der Waals surface area contributed by atoms with Crippen molar-refractivity contribution in [3.63, 3.8) is 0 Å². The quantitative estimate of drug-likeness (QED) is 0.339. The van der Waals surface area contributed by atoms with Crippen molar-refractivity contribution < 1.29 is 9.66 Å². The number of nitrogens with one attached hydrogen (secondary N) is 1. The van der Waals surface area contributed by atoms with Crippen LogP contribution in [0.15, 0.2) is 48.5 Å². The minimum atomic E-state index is -0.403. The number of hydrogen-bond acceptors (Lipinski definition) is 4. The summed E-state index contributed by atoms with van der Waals surface area (Å²) in [5.41, 5.74) is 1.94. The first-order valence-electron chi connectivity index (χ1n) is 9.77.